The van der Waals surface area contributed by atoms with Gasteiger partial charge in [0.05, 0.1) is 19.8 Å². The van der Waals surface area contributed by atoms with Gasteiger partial charge in [0.2, 0.25) is 0 Å². The van der Waals surface area contributed by atoms with Crippen LogP contribution in [0.25, 0.3) is 0 Å². The summed E-state index contributed by atoms with van der Waals surface area (Å²) in [5.74, 6) is 2.25. The molecule has 1 aromatic rings. The Morgan fingerprint density at radius 2 is 2.05 bits per heavy atom. The Kier molecular flexibility index (Phi) is 5.76. The van der Waals surface area contributed by atoms with E-state index < -0.39 is 0 Å². The number of methoxy groups -OCH3 is 1. The van der Waals surface area contributed by atoms with E-state index in [0.29, 0.717) is 12.5 Å². The lowest BCUT2D eigenvalue weighted by molar-refractivity contribution is -0.0196. The zero-order chi connectivity index (χ0) is 13.5. The molecule has 106 valence electrons. The second-order valence-electron chi connectivity index (χ2n) is 4.47. The van der Waals surface area contributed by atoms with Crippen LogP contribution in [-0.4, -0.2) is 56.8 Å². The van der Waals surface area contributed by atoms with Crippen molar-refractivity contribution >= 4 is 11.6 Å². The molecule has 1 aliphatic rings. The minimum absolute atomic E-state index is 0.149. The Morgan fingerprint density at radius 3 is 2.74 bits per heavy atom. The third-order valence-electron chi connectivity index (χ3n) is 3.13. The van der Waals surface area contributed by atoms with Gasteiger partial charge in [-0.25, -0.2) is 0 Å². The highest BCUT2D eigenvalue weighted by molar-refractivity contribution is 6.18. The molecule has 0 amide bonds. The van der Waals surface area contributed by atoms with Crippen LogP contribution < -0.4 is 9.47 Å². The summed E-state index contributed by atoms with van der Waals surface area (Å²) in [5, 5.41) is 0. The maximum atomic E-state index is 5.81. The Labute approximate surface area is 119 Å². The summed E-state index contributed by atoms with van der Waals surface area (Å²) in [6, 6.07) is 7.63. The Hall–Kier alpha value is -0.970. The van der Waals surface area contributed by atoms with Crippen LogP contribution in [0.4, 0.5) is 0 Å². The molecule has 4 nitrogen and oxygen atoms in total. The van der Waals surface area contributed by atoms with Gasteiger partial charge >= 0.3 is 0 Å². The third kappa shape index (κ3) is 4.56. The van der Waals surface area contributed by atoms with E-state index in [4.69, 9.17) is 25.8 Å². The van der Waals surface area contributed by atoms with Crippen molar-refractivity contribution in [2.45, 2.75) is 6.10 Å². The van der Waals surface area contributed by atoms with E-state index >= 15 is 0 Å². The van der Waals surface area contributed by atoms with E-state index in [1.165, 1.54) is 0 Å². The van der Waals surface area contributed by atoms with E-state index in [1.807, 2.05) is 24.3 Å². The molecule has 0 aromatic heterocycles. The van der Waals surface area contributed by atoms with E-state index in [9.17, 15) is 0 Å². The minimum Gasteiger partial charge on any atom is -0.497 e. The van der Waals surface area contributed by atoms with Crippen molar-refractivity contribution in [1.29, 1.82) is 0 Å². The van der Waals surface area contributed by atoms with E-state index in [2.05, 4.69) is 4.90 Å². The average Bonchev–Trinajstić information content (AvgIpc) is 2.48. The fourth-order valence-electron chi connectivity index (χ4n) is 2.04. The van der Waals surface area contributed by atoms with Crippen LogP contribution in [0.15, 0.2) is 24.3 Å². The van der Waals surface area contributed by atoms with Crippen LogP contribution in [0.5, 0.6) is 11.5 Å². The van der Waals surface area contributed by atoms with Crippen molar-refractivity contribution in [3.05, 3.63) is 24.3 Å². The lowest BCUT2D eigenvalue weighted by Crippen LogP contribution is -2.44. The summed E-state index contributed by atoms with van der Waals surface area (Å²) in [4.78, 5) is 2.32. The summed E-state index contributed by atoms with van der Waals surface area (Å²) in [5.41, 5.74) is 0. The van der Waals surface area contributed by atoms with Crippen LogP contribution in [0.1, 0.15) is 0 Å². The summed E-state index contributed by atoms with van der Waals surface area (Å²) in [7, 11) is 1.65. The topological polar surface area (TPSA) is 30.9 Å². The van der Waals surface area contributed by atoms with Crippen molar-refractivity contribution in [3.63, 3.8) is 0 Å². The predicted molar refractivity (Wildman–Crippen MR) is 75.4 cm³/mol. The van der Waals surface area contributed by atoms with E-state index in [1.54, 1.807) is 7.11 Å². The summed E-state index contributed by atoms with van der Waals surface area (Å²) in [6.07, 6.45) is 0.149. The molecule has 5 heteroatoms. The number of benzene rings is 1. The van der Waals surface area contributed by atoms with Crippen LogP contribution in [0.2, 0.25) is 0 Å². The second kappa shape index (κ2) is 7.58. The molecule has 0 spiro atoms. The van der Waals surface area contributed by atoms with Crippen molar-refractivity contribution in [1.82, 2.24) is 4.90 Å². The molecule has 1 saturated heterocycles. The molecular weight excluding hydrogens is 266 g/mol. The van der Waals surface area contributed by atoms with Crippen LogP contribution in [0, 0.1) is 0 Å². The quantitative estimate of drug-likeness (QED) is 0.748. The van der Waals surface area contributed by atoms with E-state index in [0.717, 1.165) is 37.7 Å². The van der Waals surface area contributed by atoms with Gasteiger partial charge in [-0.1, -0.05) is 0 Å². The van der Waals surface area contributed by atoms with Gasteiger partial charge in [0.1, 0.15) is 18.1 Å². The maximum Gasteiger partial charge on any atom is 0.119 e. The molecule has 19 heavy (non-hydrogen) atoms. The van der Waals surface area contributed by atoms with Gasteiger partial charge in [0.15, 0.2) is 0 Å². The Bertz CT molecular complexity index is 371. The molecule has 1 atom stereocenters. The third-order valence-corrected chi connectivity index (χ3v) is 3.47. The maximum absolute atomic E-state index is 5.81. The van der Waals surface area contributed by atoms with Crippen molar-refractivity contribution in [3.8, 4) is 11.5 Å². The summed E-state index contributed by atoms with van der Waals surface area (Å²) in [6.45, 7) is 4.14. The zero-order valence-electron chi connectivity index (χ0n) is 11.2. The standard InChI is InChI=1S/C14H20ClNO3/c1-17-12-2-4-13(5-3-12)18-8-6-16-7-9-19-14(10-15)11-16/h2-5,14H,6-11H2,1H3. The first-order chi connectivity index (χ1) is 9.31. The highest BCUT2D eigenvalue weighted by Crippen LogP contribution is 2.17. The smallest absolute Gasteiger partial charge is 0.119 e. The van der Waals surface area contributed by atoms with Gasteiger partial charge in [-0.15, -0.1) is 11.6 Å². The van der Waals surface area contributed by atoms with Crippen LogP contribution in [0.3, 0.4) is 0 Å². The highest BCUT2D eigenvalue weighted by atomic mass is 35.5. The molecule has 0 radical (unpaired) electrons. The second-order valence-corrected chi connectivity index (χ2v) is 4.78. The fourth-order valence-corrected chi connectivity index (χ4v) is 2.23. The van der Waals surface area contributed by atoms with Gasteiger partial charge in [-0.3, -0.25) is 4.90 Å². The van der Waals surface area contributed by atoms with Gasteiger partial charge in [0.25, 0.3) is 0 Å². The normalized spacial score (nSPS) is 20.2. The molecule has 1 heterocycles. The SMILES string of the molecule is COc1ccc(OCCN2CCOC(CCl)C2)cc1. The number of hydrogen-bond donors (Lipinski definition) is 0. The molecule has 0 bridgehead atoms. The first kappa shape index (κ1) is 14.4. The number of nitrogens with zero attached hydrogens (tertiary/aromatic N) is 1. The number of rotatable bonds is 6. The van der Waals surface area contributed by atoms with Crippen LogP contribution >= 0.6 is 11.6 Å². The molecule has 0 N–H and O–H groups in total. The fraction of sp³-hybridized carbons (Fsp3) is 0.571. The number of hydrogen-bond acceptors (Lipinski definition) is 4. The monoisotopic (exact) mass is 285 g/mol. The highest BCUT2D eigenvalue weighted by Gasteiger charge is 2.19. The molecule has 0 aliphatic carbocycles. The molecule has 1 aromatic carbocycles. The molecule has 1 fully saturated rings. The zero-order valence-corrected chi connectivity index (χ0v) is 11.9. The largest absolute Gasteiger partial charge is 0.497 e. The Balaban J connectivity index is 1.70. The van der Waals surface area contributed by atoms with Gasteiger partial charge in [-0.05, 0) is 24.3 Å². The summed E-state index contributed by atoms with van der Waals surface area (Å²) < 4.78 is 16.3. The molecular formula is C14H20ClNO3. The Morgan fingerprint density at radius 1 is 1.32 bits per heavy atom. The number of alkyl halides is 1. The van der Waals surface area contributed by atoms with Crippen molar-refractivity contribution < 1.29 is 14.2 Å². The van der Waals surface area contributed by atoms with Crippen molar-refractivity contribution in [2.75, 3.05) is 45.8 Å². The molecule has 1 unspecified atom stereocenters. The first-order valence-electron chi connectivity index (χ1n) is 6.48. The number of ether oxygens (including phenoxy) is 3. The molecule has 0 saturated carbocycles. The number of morpholine rings is 1. The van der Waals surface area contributed by atoms with Gasteiger partial charge < -0.3 is 14.2 Å². The predicted octanol–water partition coefficient (Wildman–Crippen LogP) is 2.01. The first-order valence-corrected chi connectivity index (χ1v) is 7.02. The molecule has 2 rings (SSSR count). The lowest BCUT2D eigenvalue weighted by Gasteiger charge is -2.31. The van der Waals surface area contributed by atoms with Gasteiger partial charge in [-0.2, -0.15) is 0 Å². The minimum atomic E-state index is 0.149. The summed E-state index contributed by atoms with van der Waals surface area (Å²) >= 11 is 5.81. The number of halogens is 1. The van der Waals surface area contributed by atoms with Crippen molar-refractivity contribution in [2.24, 2.45) is 0 Å². The lowest BCUT2D eigenvalue weighted by atomic mass is 10.3. The average molecular weight is 286 g/mol. The van der Waals surface area contributed by atoms with E-state index in [-0.39, 0.29) is 6.10 Å². The van der Waals surface area contributed by atoms with Crippen LogP contribution in [-0.2, 0) is 4.74 Å². The molecule has 1 aliphatic heterocycles. The van der Waals surface area contributed by atoms with Gasteiger partial charge in [0, 0.05) is 25.5 Å².